The van der Waals surface area contributed by atoms with Crippen molar-refractivity contribution in [2.75, 3.05) is 20.3 Å². The van der Waals surface area contributed by atoms with Gasteiger partial charge in [0.2, 0.25) is 0 Å². The summed E-state index contributed by atoms with van der Waals surface area (Å²) in [7, 11) is 1.55. The van der Waals surface area contributed by atoms with Crippen LogP contribution in [0.5, 0.6) is 5.75 Å². The molecular weight excluding hydrogens is 313 g/mol. The highest BCUT2D eigenvalue weighted by molar-refractivity contribution is 6.45. The minimum atomic E-state index is -1.64. The number of hydrogen-bond acceptors (Lipinski definition) is 4. The Hall–Kier alpha value is -0.780. The fourth-order valence-electron chi connectivity index (χ4n) is 2.23. The highest BCUT2D eigenvalue weighted by Gasteiger charge is 2.44. The van der Waals surface area contributed by atoms with Crippen molar-refractivity contribution < 1.29 is 14.9 Å². The summed E-state index contributed by atoms with van der Waals surface area (Å²) in [4.78, 5) is -1.13. The summed E-state index contributed by atoms with van der Waals surface area (Å²) in [6.45, 7) is 5.83. The molecule has 6 heteroatoms. The van der Waals surface area contributed by atoms with Gasteiger partial charge < -0.3 is 20.3 Å². The van der Waals surface area contributed by atoms with Crippen molar-refractivity contribution in [3.8, 4) is 5.75 Å². The Kier molecular flexibility index (Phi) is 6.97. The molecule has 0 aliphatic heterocycles. The highest BCUT2D eigenvalue weighted by Crippen LogP contribution is 2.37. The third-order valence-corrected chi connectivity index (χ3v) is 4.07. The third-order valence-electron chi connectivity index (χ3n) is 3.41. The highest BCUT2D eigenvalue weighted by atomic mass is 35.5. The SMILES string of the molecule is C=Cc1cc(C(O)(C(Cl)Cl)C(CO)NCC)ccc1OC. The molecular formula is C15H21Cl2NO3. The van der Waals surface area contributed by atoms with Crippen LogP contribution < -0.4 is 10.1 Å². The summed E-state index contributed by atoms with van der Waals surface area (Å²) in [5.41, 5.74) is -0.457. The van der Waals surface area contributed by atoms with E-state index in [1.165, 1.54) is 0 Å². The lowest BCUT2D eigenvalue weighted by atomic mass is 9.86. The van der Waals surface area contributed by atoms with E-state index in [1.54, 1.807) is 31.4 Å². The molecule has 0 aromatic heterocycles. The van der Waals surface area contributed by atoms with Gasteiger partial charge >= 0.3 is 0 Å². The van der Waals surface area contributed by atoms with Crippen LogP contribution in [0.2, 0.25) is 0 Å². The molecule has 2 atom stereocenters. The van der Waals surface area contributed by atoms with Crippen LogP contribution in [0.1, 0.15) is 18.1 Å². The van der Waals surface area contributed by atoms with Gasteiger partial charge in [-0.3, -0.25) is 0 Å². The van der Waals surface area contributed by atoms with Crippen molar-refractivity contribution in [2.45, 2.75) is 23.4 Å². The van der Waals surface area contributed by atoms with Crippen LogP contribution in [0.25, 0.3) is 6.08 Å². The summed E-state index contributed by atoms with van der Waals surface area (Å²) in [6.07, 6.45) is 1.61. The molecule has 0 fully saturated rings. The number of hydrogen-bond donors (Lipinski definition) is 3. The Bertz CT molecular complexity index is 482. The van der Waals surface area contributed by atoms with Crippen LogP contribution in [0, 0.1) is 0 Å². The minimum Gasteiger partial charge on any atom is -0.496 e. The summed E-state index contributed by atoms with van der Waals surface area (Å²) >= 11 is 12.0. The Balaban J connectivity index is 3.37. The second kappa shape index (κ2) is 8.01. The Labute approximate surface area is 135 Å². The first-order valence-electron chi connectivity index (χ1n) is 6.61. The van der Waals surface area contributed by atoms with E-state index in [0.717, 1.165) is 0 Å². The zero-order valence-electron chi connectivity index (χ0n) is 12.1. The normalized spacial score (nSPS) is 15.6. The maximum absolute atomic E-state index is 11.0. The predicted octanol–water partition coefficient (Wildman–Crippen LogP) is 2.30. The van der Waals surface area contributed by atoms with Crippen LogP contribution in [0.4, 0.5) is 0 Å². The van der Waals surface area contributed by atoms with Gasteiger partial charge in [0.05, 0.1) is 19.8 Å². The monoisotopic (exact) mass is 333 g/mol. The van der Waals surface area contributed by atoms with E-state index >= 15 is 0 Å². The molecule has 0 aliphatic rings. The number of aliphatic hydroxyl groups excluding tert-OH is 1. The Morgan fingerprint density at radius 3 is 2.57 bits per heavy atom. The first-order valence-corrected chi connectivity index (χ1v) is 7.48. The van der Waals surface area contributed by atoms with Crippen LogP contribution >= 0.6 is 23.2 Å². The molecule has 1 rings (SSSR count). The van der Waals surface area contributed by atoms with E-state index in [4.69, 9.17) is 27.9 Å². The zero-order valence-corrected chi connectivity index (χ0v) is 13.7. The van der Waals surface area contributed by atoms with E-state index in [-0.39, 0.29) is 6.61 Å². The van der Waals surface area contributed by atoms with Crippen molar-refractivity contribution in [2.24, 2.45) is 0 Å². The largest absolute Gasteiger partial charge is 0.496 e. The number of rotatable bonds is 8. The van der Waals surface area contributed by atoms with Gasteiger partial charge in [-0.25, -0.2) is 0 Å². The smallest absolute Gasteiger partial charge is 0.142 e. The van der Waals surface area contributed by atoms with Crippen LogP contribution in [0.15, 0.2) is 24.8 Å². The molecule has 0 heterocycles. The van der Waals surface area contributed by atoms with Gasteiger partial charge in [0.15, 0.2) is 0 Å². The number of nitrogens with one attached hydrogen (secondary N) is 1. The number of methoxy groups -OCH3 is 1. The molecule has 3 N–H and O–H groups in total. The molecule has 2 unspecified atom stereocenters. The minimum absolute atomic E-state index is 0.310. The van der Waals surface area contributed by atoms with E-state index in [1.807, 2.05) is 6.92 Å². The number of likely N-dealkylation sites (N-methyl/N-ethyl adjacent to an activating group) is 1. The molecule has 0 saturated heterocycles. The molecule has 0 radical (unpaired) electrons. The average molecular weight is 334 g/mol. The Morgan fingerprint density at radius 1 is 1.48 bits per heavy atom. The van der Waals surface area contributed by atoms with Gasteiger partial charge in [0.1, 0.15) is 16.2 Å². The van der Waals surface area contributed by atoms with Gasteiger partial charge in [0, 0.05) is 5.56 Å². The van der Waals surface area contributed by atoms with Gasteiger partial charge in [-0.05, 0) is 24.2 Å². The summed E-state index contributed by atoms with van der Waals surface area (Å²) < 4.78 is 5.21. The maximum atomic E-state index is 11.0. The van der Waals surface area contributed by atoms with Crippen molar-refractivity contribution in [3.05, 3.63) is 35.9 Å². The van der Waals surface area contributed by atoms with Crippen LogP contribution in [-0.4, -0.2) is 41.4 Å². The van der Waals surface area contributed by atoms with E-state index in [0.29, 0.717) is 23.4 Å². The number of alkyl halides is 2. The van der Waals surface area contributed by atoms with Crippen LogP contribution in [0.3, 0.4) is 0 Å². The molecule has 118 valence electrons. The molecule has 0 spiro atoms. The number of halogens is 2. The lowest BCUT2D eigenvalue weighted by Gasteiger charge is -2.37. The molecule has 0 amide bonds. The fraction of sp³-hybridized carbons (Fsp3) is 0.467. The van der Waals surface area contributed by atoms with E-state index in [2.05, 4.69) is 11.9 Å². The summed E-state index contributed by atoms with van der Waals surface area (Å²) in [5.74, 6) is 0.626. The number of ether oxygens (including phenoxy) is 1. The lowest BCUT2D eigenvalue weighted by Crippen LogP contribution is -2.54. The summed E-state index contributed by atoms with van der Waals surface area (Å²) in [5, 5.41) is 23.5. The Morgan fingerprint density at radius 2 is 2.14 bits per heavy atom. The number of aliphatic hydroxyl groups is 2. The average Bonchev–Trinajstić information content (AvgIpc) is 2.50. The van der Waals surface area contributed by atoms with Gasteiger partial charge in [0.25, 0.3) is 0 Å². The van der Waals surface area contributed by atoms with Crippen molar-refractivity contribution in [3.63, 3.8) is 0 Å². The molecule has 1 aromatic carbocycles. The van der Waals surface area contributed by atoms with Crippen molar-refractivity contribution in [1.82, 2.24) is 5.32 Å². The van der Waals surface area contributed by atoms with E-state index in [9.17, 15) is 10.2 Å². The third kappa shape index (κ3) is 3.71. The molecule has 1 aromatic rings. The second-order valence-corrected chi connectivity index (χ2v) is 5.68. The summed E-state index contributed by atoms with van der Waals surface area (Å²) in [6, 6.07) is 4.37. The molecule has 4 nitrogen and oxygen atoms in total. The van der Waals surface area contributed by atoms with Gasteiger partial charge in [-0.15, -0.1) is 23.2 Å². The van der Waals surface area contributed by atoms with Crippen LogP contribution in [-0.2, 0) is 5.60 Å². The molecule has 21 heavy (non-hydrogen) atoms. The molecule has 0 bridgehead atoms. The first kappa shape index (κ1) is 18.3. The second-order valence-electron chi connectivity index (χ2n) is 4.58. The maximum Gasteiger partial charge on any atom is 0.142 e. The molecule has 0 saturated carbocycles. The standard InChI is InChI=1S/C15H21Cl2NO3/c1-4-10-8-11(6-7-12(10)21-3)15(20,14(16)17)13(9-19)18-5-2/h4,6-8,13-14,18-20H,1,5,9H2,2-3H3. The van der Waals surface area contributed by atoms with Crippen molar-refractivity contribution >= 4 is 29.3 Å². The molecule has 0 aliphatic carbocycles. The zero-order chi connectivity index (χ0) is 16.0. The van der Waals surface area contributed by atoms with Crippen molar-refractivity contribution in [1.29, 1.82) is 0 Å². The van der Waals surface area contributed by atoms with Gasteiger partial charge in [-0.2, -0.15) is 0 Å². The number of benzene rings is 1. The first-order chi connectivity index (χ1) is 9.95. The fourth-order valence-corrected chi connectivity index (χ4v) is 2.78. The lowest BCUT2D eigenvalue weighted by molar-refractivity contribution is -0.0103. The predicted molar refractivity (Wildman–Crippen MR) is 87.0 cm³/mol. The van der Waals surface area contributed by atoms with E-state index < -0.39 is 16.5 Å². The topological polar surface area (TPSA) is 61.7 Å². The van der Waals surface area contributed by atoms with Gasteiger partial charge in [-0.1, -0.05) is 25.6 Å². The quantitative estimate of drug-likeness (QED) is 0.639.